The number of ether oxygens (including phenoxy) is 1. The van der Waals surface area contributed by atoms with Crippen LogP contribution in [0.3, 0.4) is 0 Å². The number of carbonyl (C=O) groups is 1. The maximum atomic E-state index is 12.4. The van der Waals surface area contributed by atoms with Crippen molar-refractivity contribution in [2.45, 2.75) is 51.7 Å². The third-order valence-electron chi connectivity index (χ3n) is 5.89. The molecule has 2 aliphatic rings. The molecule has 0 bridgehead atoms. The molecular weight excluding hydrogens is 342 g/mol. The Balaban J connectivity index is 1.44. The summed E-state index contributed by atoms with van der Waals surface area (Å²) in [6, 6.07) is 2.46. The van der Waals surface area contributed by atoms with Crippen molar-refractivity contribution >= 4 is 22.9 Å². The summed E-state index contributed by atoms with van der Waals surface area (Å²) < 4.78 is 5.57. The third-order valence-corrected chi connectivity index (χ3v) is 5.89. The number of aromatic nitrogens is 3. The molecule has 4 rings (SSSR count). The summed E-state index contributed by atoms with van der Waals surface area (Å²) in [5, 5.41) is 1.06. The lowest BCUT2D eigenvalue weighted by Gasteiger charge is -2.37. The van der Waals surface area contributed by atoms with Gasteiger partial charge in [0, 0.05) is 32.4 Å². The van der Waals surface area contributed by atoms with Crippen LogP contribution in [0.5, 0.6) is 0 Å². The average Bonchev–Trinajstić information content (AvgIpc) is 3.25. The minimum atomic E-state index is -0.442. The molecule has 3 heterocycles. The highest BCUT2D eigenvalue weighted by Crippen LogP contribution is 2.39. The number of hydrogen-bond acceptors (Lipinski definition) is 5. The van der Waals surface area contributed by atoms with Crippen LogP contribution in [0.2, 0.25) is 0 Å². The lowest BCUT2D eigenvalue weighted by molar-refractivity contribution is 0.0284. The second-order valence-electron chi connectivity index (χ2n) is 8.92. The summed E-state index contributed by atoms with van der Waals surface area (Å²) in [5.74, 6) is 2.09. The summed E-state index contributed by atoms with van der Waals surface area (Å²) in [6.07, 6.45) is 6.69. The normalized spacial score (nSPS) is 25.5. The molecule has 0 spiro atoms. The van der Waals surface area contributed by atoms with E-state index in [0.29, 0.717) is 17.9 Å². The number of aromatic amines is 1. The highest BCUT2D eigenvalue weighted by atomic mass is 16.6. The molecule has 1 N–H and O–H groups in total. The molecule has 1 amide bonds. The maximum Gasteiger partial charge on any atom is 0.410 e. The largest absolute Gasteiger partial charge is 0.444 e. The fourth-order valence-electron chi connectivity index (χ4n) is 4.55. The Labute approximate surface area is 160 Å². The smallest absolute Gasteiger partial charge is 0.410 e. The van der Waals surface area contributed by atoms with E-state index in [-0.39, 0.29) is 6.09 Å². The fourth-order valence-corrected chi connectivity index (χ4v) is 4.55. The van der Waals surface area contributed by atoms with Gasteiger partial charge in [0.05, 0.1) is 5.39 Å². The molecule has 3 atom stereocenters. The van der Waals surface area contributed by atoms with Crippen molar-refractivity contribution in [1.29, 1.82) is 0 Å². The number of H-pyrrole nitrogens is 1. The van der Waals surface area contributed by atoms with Gasteiger partial charge in [0.2, 0.25) is 0 Å². The van der Waals surface area contributed by atoms with E-state index in [1.807, 2.05) is 37.9 Å². The molecule has 1 saturated heterocycles. The van der Waals surface area contributed by atoms with Gasteiger partial charge in [0.25, 0.3) is 0 Å². The number of nitrogens with zero attached hydrogens (tertiary/aromatic N) is 4. The summed E-state index contributed by atoms with van der Waals surface area (Å²) in [5.41, 5.74) is 0.431. The molecule has 1 aliphatic carbocycles. The minimum Gasteiger partial charge on any atom is -0.444 e. The van der Waals surface area contributed by atoms with Crippen LogP contribution in [0.1, 0.15) is 40.0 Å². The summed E-state index contributed by atoms with van der Waals surface area (Å²) in [7, 11) is 2.13. The fraction of sp³-hybridized carbons (Fsp3) is 0.650. The predicted molar refractivity (Wildman–Crippen MR) is 105 cm³/mol. The lowest BCUT2D eigenvalue weighted by Crippen LogP contribution is -2.39. The zero-order valence-corrected chi connectivity index (χ0v) is 16.6. The first-order valence-corrected chi connectivity index (χ1v) is 9.80. The van der Waals surface area contributed by atoms with E-state index in [1.165, 1.54) is 0 Å². The Morgan fingerprint density at radius 2 is 2.04 bits per heavy atom. The highest BCUT2D eigenvalue weighted by molar-refractivity contribution is 5.87. The molecular formula is C20H29N5O2. The van der Waals surface area contributed by atoms with Crippen LogP contribution in [0, 0.1) is 11.8 Å². The van der Waals surface area contributed by atoms with Crippen molar-refractivity contribution in [3.63, 3.8) is 0 Å². The zero-order valence-electron chi connectivity index (χ0n) is 16.6. The van der Waals surface area contributed by atoms with Crippen LogP contribution in [-0.2, 0) is 4.74 Å². The molecule has 2 aromatic heterocycles. The Hall–Kier alpha value is -2.31. The van der Waals surface area contributed by atoms with Gasteiger partial charge in [-0.3, -0.25) is 0 Å². The number of hydrogen-bond donors (Lipinski definition) is 1. The van der Waals surface area contributed by atoms with E-state index in [9.17, 15) is 4.79 Å². The Bertz CT molecular complexity index is 827. The first kappa shape index (κ1) is 18.1. The molecule has 7 nitrogen and oxygen atoms in total. The molecule has 0 radical (unpaired) electrons. The molecule has 1 unspecified atom stereocenters. The molecule has 7 heteroatoms. The topological polar surface area (TPSA) is 74.4 Å². The van der Waals surface area contributed by atoms with E-state index in [2.05, 4.69) is 26.9 Å². The summed E-state index contributed by atoms with van der Waals surface area (Å²) in [4.78, 5) is 28.6. The minimum absolute atomic E-state index is 0.174. The van der Waals surface area contributed by atoms with Gasteiger partial charge < -0.3 is 19.5 Å². The molecule has 27 heavy (non-hydrogen) atoms. The molecule has 146 valence electrons. The van der Waals surface area contributed by atoms with E-state index < -0.39 is 5.60 Å². The Morgan fingerprint density at radius 3 is 2.81 bits per heavy atom. The van der Waals surface area contributed by atoms with E-state index >= 15 is 0 Å². The van der Waals surface area contributed by atoms with Crippen LogP contribution < -0.4 is 4.90 Å². The quantitative estimate of drug-likeness (QED) is 0.875. The van der Waals surface area contributed by atoms with Crippen LogP contribution in [0.25, 0.3) is 11.0 Å². The van der Waals surface area contributed by atoms with Gasteiger partial charge in [-0.1, -0.05) is 0 Å². The summed E-state index contributed by atoms with van der Waals surface area (Å²) >= 11 is 0. The van der Waals surface area contributed by atoms with Crippen LogP contribution >= 0.6 is 0 Å². The van der Waals surface area contributed by atoms with Gasteiger partial charge in [0.15, 0.2) is 0 Å². The van der Waals surface area contributed by atoms with Gasteiger partial charge in [0.1, 0.15) is 23.4 Å². The SMILES string of the molecule is CN(c1ncnc2[nH]ccc12)C1CC[C@H]2CN(C(=O)OC(C)(C)C)C[C@H]2C1. The van der Waals surface area contributed by atoms with Crippen molar-refractivity contribution in [3.05, 3.63) is 18.6 Å². The molecule has 1 aliphatic heterocycles. The third kappa shape index (κ3) is 3.59. The van der Waals surface area contributed by atoms with Gasteiger partial charge in [-0.25, -0.2) is 14.8 Å². The van der Waals surface area contributed by atoms with E-state index in [4.69, 9.17) is 4.74 Å². The zero-order chi connectivity index (χ0) is 19.2. The van der Waals surface area contributed by atoms with Crippen molar-refractivity contribution in [2.75, 3.05) is 25.0 Å². The van der Waals surface area contributed by atoms with Crippen LogP contribution in [0.15, 0.2) is 18.6 Å². The first-order valence-electron chi connectivity index (χ1n) is 9.80. The second-order valence-corrected chi connectivity index (χ2v) is 8.92. The van der Waals surface area contributed by atoms with Crippen molar-refractivity contribution < 1.29 is 9.53 Å². The van der Waals surface area contributed by atoms with Gasteiger partial charge in [-0.15, -0.1) is 0 Å². The van der Waals surface area contributed by atoms with Crippen molar-refractivity contribution in [2.24, 2.45) is 11.8 Å². The average molecular weight is 371 g/mol. The molecule has 1 saturated carbocycles. The lowest BCUT2D eigenvalue weighted by atomic mass is 9.78. The monoisotopic (exact) mass is 371 g/mol. The summed E-state index contributed by atoms with van der Waals surface area (Å²) in [6.45, 7) is 7.38. The molecule has 0 aromatic carbocycles. The predicted octanol–water partition coefficient (Wildman–Crippen LogP) is 3.43. The Kier molecular flexibility index (Phi) is 4.48. The Morgan fingerprint density at radius 1 is 1.26 bits per heavy atom. The van der Waals surface area contributed by atoms with Gasteiger partial charge >= 0.3 is 6.09 Å². The van der Waals surface area contributed by atoms with Crippen molar-refractivity contribution in [3.8, 4) is 0 Å². The van der Waals surface area contributed by atoms with Crippen molar-refractivity contribution in [1.82, 2.24) is 19.9 Å². The van der Waals surface area contributed by atoms with Crippen LogP contribution in [-0.4, -0.2) is 57.7 Å². The van der Waals surface area contributed by atoms with E-state index in [0.717, 1.165) is 49.2 Å². The van der Waals surface area contributed by atoms with Crippen LogP contribution in [0.4, 0.5) is 10.6 Å². The molecule has 2 aromatic rings. The number of carbonyl (C=O) groups excluding carboxylic acids is 1. The number of nitrogens with one attached hydrogen (secondary N) is 1. The number of anilines is 1. The molecule has 2 fully saturated rings. The number of likely N-dealkylation sites (tertiary alicyclic amines) is 1. The second kappa shape index (κ2) is 6.69. The number of fused-ring (bicyclic) bond motifs is 2. The standard InChI is InChI=1S/C20H29N5O2/c1-20(2,3)27-19(26)25-10-13-5-6-15(9-14(13)11-25)24(4)18-16-7-8-21-17(16)22-12-23-18/h7-8,12-15H,5-6,9-11H2,1-4H3,(H,21,22,23)/t13-,14+,15?/m0/s1. The maximum absolute atomic E-state index is 12.4. The first-order chi connectivity index (χ1) is 12.8. The number of rotatable bonds is 2. The number of amides is 1. The van der Waals surface area contributed by atoms with E-state index in [1.54, 1.807) is 6.33 Å². The highest BCUT2D eigenvalue weighted by Gasteiger charge is 2.41. The van der Waals surface area contributed by atoms with Gasteiger partial charge in [-0.2, -0.15) is 0 Å². The van der Waals surface area contributed by atoms with Gasteiger partial charge in [-0.05, 0) is 57.9 Å².